The Hall–Kier alpha value is -0.130. The summed E-state index contributed by atoms with van der Waals surface area (Å²) in [5.74, 6) is 2.25. The summed E-state index contributed by atoms with van der Waals surface area (Å²) < 4.78 is 23.0. The second-order valence-electron chi connectivity index (χ2n) is 6.46. The molecule has 1 N–H and O–H groups in total. The molecule has 1 saturated carbocycles. The summed E-state index contributed by atoms with van der Waals surface area (Å²) in [6.45, 7) is 8.04. The molecule has 1 aliphatic carbocycles. The number of nitrogens with one attached hydrogen (secondary N) is 1. The Labute approximate surface area is 124 Å². The molecule has 3 unspecified atom stereocenters. The lowest BCUT2D eigenvalue weighted by molar-refractivity contribution is 0.143. The molecule has 0 spiro atoms. The fraction of sp³-hybridized carbons (Fsp3) is 1.00. The van der Waals surface area contributed by atoms with E-state index in [0.717, 1.165) is 32.1 Å². The zero-order valence-electron chi connectivity index (χ0n) is 13.0. The van der Waals surface area contributed by atoms with Crippen molar-refractivity contribution in [3.05, 3.63) is 0 Å². The molecular formula is C15H30N2O2S. The smallest absolute Gasteiger partial charge is 0.152 e. The van der Waals surface area contributed by atoms with E-state index in [-0.39, 0.29) is 0 Å². The Morgan fingerprint density at radius 2 is 1.85 bits per heavy atom. The quantitative estimate of drug-likeness (QED) is 0.836. The van der Waals surface area contributed by atoms with Crippen LogP contribution in [0.15, 0.2) is 0 Å². The lowest BCUT2D eigenvalue weighted by Gasteiger charge is -2.40. The molecule has 0 bridgehead atoms. The number of sulfone groups is 1. The largest absolute Gasteiger partial charge is 0.314 e. The summed E-state index contributed by atoms with van der Waals surface area (Å²) in [4.78, 5) is 2.37. The third-order valence-corrected chi connectivity index (χ3v) is 6.67. The molecule has 2 aliphatic rings. The lowest BCUT2D eigenvalue weighted by Crippen LogP contribution is -2.49. The van der Waals surface area contributed by atoms with E-state index in [4.69, 9.17) is 0 Å². The second kappa shape index (κ2) is 7.23. The van der Waals surface area contributed by atoms with Crippen molar-refractivity contribution in [3.8, 4) is 0 Å². The summed E-state index contributed by atoms with van der Waals surface area (Å²) in [7, 11) is -2.75. The van der Waals surface area contributed by atoms with Crippen LogP contribution in [0.5, 0.6) is 0 Å². The van der Waals surface area contributed by atoms with Gasteiger partial charge in [0.25, 0.3) is 0 Å². The van der Waals surface area contributed by atoms with Crippen LogP contribution in [-0.4, -0.2) is 57.0 Å². The van der Waals surface area contributed by atoms with Crippen molar-refractivity contribution in [3.63, 3.8) is 0 Å². The standard InChI is InChI=1S/C15H30N2O2S/c1-3-13-5-6-15(16-4-2)14(11-13)12-17-7-9-20(18,19)10-8-17/h13-16H,3-12H2,1-2H3. The van der Waals surface area contributed by atoms with Crippen LogP contribution in [0.3, 0.4) is 0 Å². The number of rotatable bonds is 5. The molecule has 4 nitrogen and oxygen atoms in total. The Kier molecular flexibility index (Phi) is 5.87. The van der Waals surface area contributed by atoms with Gasteiger partial charge in [-0.2, -0.15) is 0 Å². The van der Waals surface area contributed by atoms with Gasteiger partial charge in [-0.15, -0.1) is 0 Å². The van der Waals surface area contributed by atoms with Crippen molar-refractivity contribution < 1.29 is 8.42 Å². The van der Waals surface area contributed by atoms with Crippen LogP contribution in [0.4, 0.5) is 0 Å². The summed E-state index contributed by atoms with van der Waals surface area (Å²) in [5.41, 5.74) is 0. The SMILES string of the molecule is CCNC1CCC(CC)CC1CN1CCS(=O)(=O)CC1. The van der Waals surface area contributed by atoms with Crippen molar-refractivity contribution in [2.75, 3.05) is 37.7 Å². The minimum absolute atomic E-state index is 0.350. The predicted molar refractivity (Wildman–Crippen MR) is 83.7 cm³/mol. The third-order valence-electron chi connectivity index (χ3n) is 5.06. The van der Waals surface area contributed by atoms with Crippen molar-refractivity contribution >= 4 is 9.84 Å². The third kappa shape index (κ3) is 4.43. The monoisotopic (exact) mass is 302 g/mol. The van der Waals surface area contributed by atoms with E-state index in [9.17, 15) is 8.42 Å². The van der Waals surface area contributed by atoms with Gasteiger partial charge >= 0.3 is 0 Å². The van der Waals surface area contributed by atoms with Crippen LogP contribution in [0.1, 0.15) is 39.5 Å². The highest BCUT2D eigenvalue weighted by Gasteiger charge is 2.32. The second-order valence-corrected chi connectivity index (χ2v) is 8.77. The number of hydrogen-bond acceptors (Lipinski definition) is 4. The lowest BCUT2D eigenvalue weighted by atomic mass is 9.76. The zero-order chi connectivity index (χ0) is 14.6. The maximum Gasteiger partial charge on any atom is 0.152 e. The molecule has 5 heteroatoms. The molecule has 118 valence electrons. The van der Waals surface area contributed by atoms with E-state index in [2.05, 4.69) is 24.1 Å². The van der Waals surface area contributed by atoms with Crippen LogP contribution in [0.2, 0.25) is 0 Å². The molecule has 20 heavy (non-hydrogen) atoms. The Balaban J connectivity index is 1.90. The minimum atomic E-state index is -2.75. The molecule has 3 atom stereocenters. The minimum Gasteiger partial charge on any atom is -0.314 e. The van der Waals surface area contributed by atoms with Crippen molar-refractivity contribution in [1.29, 1.82) is 0 Å². The van der Waals surface area contributed by atoms with E-state index < -0.39 is 9.84 Å². The maximum atomic E-state index is 11.5. The molecule has 0 aromatic heterocycles. The highest BCUT2D eigenvalue weighted by Crippen LogP contribution is 2.32. The Bertz CT molecular complexity index is 383. The van der Waals surface area contributed by atoms with Gasteiger partial charge in [0.05, 0.1) is 11.5 Å². The van der Waals surface area contributed by atoms with Gasteiger partial charge in [0.1, 0.15) is 0 Å². The Morgan fingerprint density at radius 1 is 1.15 bits per heavy atom. The maximum absolute atomic E-state index is 11.5. The first-order valence-electron chi connectivity index (χ1n) is 8.20. The van der Waals surface area contributed by atoms with E-state index in [0.29, 0.717) is 23.5 Å². The number of nitrogens with zero attached hydrogens (tertiary/aromatic N) is 1. The van der Waals surface area contributed by atoms with Crippen molar-refractivity contribution in [1.82, 2.24) is 10.2 Å². The van der Waals surface area contributed by atoms with Crippen LogP contribution in [-0.2, 0) is 9.84 Å². The van der Waals surface area contributed by atoms with Crippen LogP contribution in [0.25, 0.3) is 0 Å². The van der Waals surface area contributed by atoms with Gasteiger partial charge in [-0.25, -0.2) is 8.42 Å². The van der Waals surface area contributed by atoms with E-state index in [1.807, 2.05) is 0 Å². The highest BCUT2D eigenvalue weighted by molar-refractivity contribution is 7.91. The molecule has 0 aromatic rings. The summed E-state index contributed by atoms with van der Waals surface area (Å²) >= 11 is 0. The topological polar surface area (TPSA) is 49.4 Å². The van der Waals surface area contributed by atoms with Gasteiger partial charge in [-0.3, -0.25) is 0 Å². The summed E-state index contributed by atoms with van der Waals surface area (Å²) in [5, 5.41) is 3.64. The molecule has 0 aromatic carbocycles. The van der Waals surface area contributed by atoms with Gasteiger partial charge < -0.3 is 10.2 Å². The molecule has 1 heterocycles. The van der Waals surface area contributed by atoms with Gasteiger partial charge in [-0.1, -0.05) is 20.3 Å². The molecule has 1 aliphatic heterocycles. The number of hydrogen-bond donors (Lipinski definition) is 1. The fourth-order valence-corrected chi connectivity index (χ4v) is 5.01. The van der Waals surface area contributed by atoms with Gasteiger partial charge in [-0.05, 0) is 37.6 Å². The molecule has 2 fully saturated rings. The highest BCUT2D eigenvalue weighted by atomic mass is 32.2. The van der Waals surface area contributed by atoms with Crippen LogP contribution >= 0.6 is 0 Å². The first kappa shape index (κ1) is 16.2. The van der Waals surface area contributed by atoms with Crippen molar-refractivity contribution in [2.45, 2.75) is 45.6 Å². The predicted octanol–water partition coefficient (Wildman–Crippen LogP) is 1.52. The fourth-order valence-electron chi connectivity index (χ4n) is 3.73. The zero-order valence-corrected chi connectivity index (χ0v) is 13.8. The molecule has 2 rings (SSSR count). The average molecular weight is 302 g/mol. The van der Waals surface area contributed by atoms with Gasteiger partial charge in [0.15, 0.2) is 9.84 Å². The van der Waals surface area contributed by atoms with E-state index in [1.165, 1.54) is 25.7 Å². The van der Waals surface area contributed by atoms with Gasteiger partial charge in [0.2, 0.25) is 0 Å². The normalized spacial score (nSPS) is 35.0. The molecule has 1 saturated heterocycles. The molecule has 0 radical (unpaired) electrons. The molecular weight excluding hydrogens is 272 g/mol. The summed E-state index contributed by atoms with van der Waals surface area (Å²) in [6, 6.07) is 0.626. The summed E-state index contributed by atoms with van der Waals surface area (Å²) in [6.07, 6.45) is 5.21. The molecule has 0 amide bonds. The van der Waals surface area contributed by atoms with Crippen molar-refractivity contribution in [2.24, 2.45) is 11.8 Å². The van der Waals surface area contributed by atoms with E-state index >= 15 is 0 Å². The van der Waals surface area contributed by atoms with Crippen LogP contribution in [0, 0.1) is 11.8 Å². The van der Waals surface area contributed by atoms with Crippen LogP contribution < -0.4 is 5.32 Å². The van der Waals surface area contributed by atoms with Gasteiger partial charge in [0, 0.05) is 25.7 Å². The first-order valence-corrected chi connectivity index (χ1v) is 10.0. The average Bonchev–Trinajstić information content (AvgIpc) is 2.43. The first-order chi connectivity index (χ1) is 9.54. The Morgan fingerprint density at radius 3 is 2.45 bits per heavy atom. The van der Waals surface area contributed by atoms with E-state index in [1.54, 1.807) is 0 Å².